The molecule has 0 saturated carbocycles. The summed E-state index contributed by atoms with van der Waals surface area (Å²) in [5.74, 6) is -0.517. The Morgan fingerprint density at radius 3 is 2.81 bits per heavy atom. The third-order valence-corrected chi connectivity index (χ3v) is 2.33. The Morgan fingerprint density at radius 2 is 2.19 bits per heavy atom. The number of rotatable bonds is 3. The van der Waals surface area contributed by atoms with Crippen LogP contribution < -0.4 is 0 Å². The highest BCUT2D eigenvalue weighted by Gasteiger charge is 2.27. The summed E-state index contributed by atoms with van der Waals surface area (Å²) in [5, 5.41) is 0. The van der Waals surface area contributed by atoms with E-state index in [-0.39, 0.29) is 18.5 Å². The summed E-state index contributed by atoms with van der Waals surface area (Å²) in [6.45, 7) is 1.98. The Kier molecular flexibility index (Phi) is 4.82. The maximum absolute atomic E-state index is 11.3. The zero-order valence-electron chi connectivity index (χ0n) is 9.47. The minimum Gasteiger partial charge on any atom is -0.469 e. The molecule has 0 aromatic carbocycles. The zero-order chi connectivity index (χ0) is 12.0. The lowest BCUT2D eigenvalue weighted by atomic mass is 9.93. The van der Waals surface area contributed by atoms with E-state index in [1.54, 1.807) is 13.0 Å². The van der Waals surface area contributed by atoms with Crippen LogP contribution in [0.25, 0.3) is 0 Å². The van der Waals surface area contributed by atoms with Gasteiger partial charge in [0, 0.05) is 6.42 Å². The molecule has 90 valence electrons. The molecule has 0 saturated heterocycles. The molecule has 1 rings (SSSR count). The van der Waals surface area contributed by atoms with Gasteiger partial charge in [-0.1, -0.05) is 6.08 Å². The second-order valence-corrected chi connectivity index (χ2v) is 3.46. The van der Waals surface area contributed by atoms with Crippen molar-refractivity contribution in [3.8, 4) is 0 Å². The fourth-order valence-electron chi connectivity index (χ4n) is 1.57. The van der Waals surface area contributed by atoms with Crippen LogP contribution in [-0.2, 0) is 19.0 Å². The number of carbonyl (C=O) groups is 2. The van der Waals surface area contributed by atoms with Gasteiger partial charge in [-0.05, 0) is 19.4 Å². The number of allylic oxidation sites excluding steroid dienone is 1. The lowest BCUT2D eigenvalue weighted by Crippen LogP contribution is -2.27. The first-order valence-corrected chi connectivity index (χ1v) is 5.25. The predicted molar refractivity (Wildman–Crippen MR) is 55.8 cm³/mol. The normalized spacial score (nSPS) is 23.6. The van der Waals surface area contributed by atoms with Crippen molar-refractivity contribution in [3.05, 3.63) is 12.2 Å². The van der Waals surface area contributed by atoms with Crippen LogP contribution in [0.1, 0.15) is 19.8 Å². The molecule has 1 aliphatic carbocycles. The molecular weight excluding hydrogens is 212 g/mol. The maximum Gasteiger partial charge on any atom is 0.508 e. The summed E-state index contributed by atoms with van der Waals surface area (Å²) < 4.78 is 14.3. The van der Waals surface area contributed by atoms with E-state index in [4.69, 9.17) is 4.74 Å². The fourth-order valence-corrected chi connectivity index (χ4v) is 1.57. The van der Waals surface area contributed by atoms with Crippen molar-refractivity contribution in [2.75, 3.05) is 13.7 Å². The number of hydrogen-bond acceptors (Lipinski definition) is 5. The Labute approximate surface area is 94.4 Å². The van der Waals surface area contributed by atoms with Gasteiger partial charge in [-0.25, -0.2) is 4.79 Å². The number of esters is 1. The maximum atomic E-state index is 11.3. The van der Waals surface area contributed by atoms with Gasteiger partial charge in [0.05, 0.1) is 19.6 Å². The van der Waals surface area contributed by atoms with Gasteiger partial charge >= 0.3 is 12.1 Å². The minimum absolute atomic E-state index is 0.241. The lowest BCUT2D eigenvalue weighted by molar-refractivity contribution is -0.146. The van der Waals surface area contributed by atoms with E-state index in [1.807, 2.05) is 6.08 Å². The average molecular weight is 228 g/mol. The Morgan fingerprint density at radius 1 is 1.44 bits per heavy atom. The first-order chi connectivity index (χ1) is 7.67. The Balaban J connectivity index is 2.45. The highest BCUT2D eigenvalue weighted by molar-refractivity contribution is 5.73. The van der Waals surface area contributed by atoms with Crippen LogP contribution in [0.2, 0.25) is 0 Å². The molecule has 0 radical (unpaired) electrons. The van der Waals surface area contributed by atoms with Gasteiger partial charge in [0.1, 0.15) is 6.10 Å². The Bertz CT molecular complexity index is 284. The number of methoxy groups -OCH3 is 1. The van der Waals surface area contributed by atoms with E-state index < -0.39 is 12.3 Å². The molecule has 0 bridgehead atoms. The molecule has 0 amide bonds. The van der Waals surface area contributed by atoms with Gasteiger partial charge in [0.25, 0.3) is 0 Å². The third kappa shape index (κ3) is 3.56. The van der Waals surface area contributed by atoms with E-state index in [9.17, 15) is 9.59 Å². The SMILES string of the molecule is CCOC(=O)O[C@H]1C=CC[C@@H](C(=O)OC)C1. The van der Waals surface area contributed by atoms with Crippen LogP contribution >= 0.6 is 0 Å². The molecule has 16 heavy (non-hydrogen) atoms. The van der Waals surface area contributed by atoms with E-state index in [2.05, 4.69) is 9.47 Å². The molecule has 5 nitrogen and oxygen atoms in total. The van der Waals surface area contributed by atoms with Crippen molar-refractivity contribution < 1.29 is 23.8 Å². The van der Waals surface area contributed by atoms with Gasteiger partial charge in [-0.15, -0.1) is 0 Å². The van der Waals surface area contributed by atoms with E-state index in [0.29, 0.717) is 12.8 Å². The molecule has 1 aliphatic rings. The average Bonchev–Trinajstić information content (AvgIpc) is 2.28. The van der Waals surface area contributed by atoms with Crippen LogP contribution in [0.15, 0.2) is 12.2 Å². The molecule has 5 heteroatoms. The molecule has 0 N–H and O–H groups in total. The van der Waals surface area contributed by atoms with Crippen LogP contribution in [0.4, 0.5) is 4.79 Å². The Hall–Kier alpha value is -1.52. The second kappa shape index (κ2) is 6.15. The molecular formula is C11H16O5. The van der Waals surface area contributed by atoms with Gasteiger partial charge in [0.15, 0.2) is 0 Å². The van der Waals surface area contributed by atoms with E-state index in [0.717, 1.165) is 0 Å². The summed E-state index contributed by atoms with van der Waals surface area (Å²) in [5.41, 5.74) is 0. The van der Waals surface area contributed by atoms with Crippen molar-refractivity contribution in [2.45, 2.75) is 25.9 Å². The monoisotopic (exact) mass is 228 g/mol. The summed E-state index contributed by atoms with van der Waals surface area (Å²) >= 11 is 0. The summed E-state index contributed by atoms with van der Waals surface area (Å²) in [6.07, 6.45) is 3.53. The van der Waals surface area contributed by atoms with E-state index in [1.165, 1.54) is 7.11 Å². The molecule has 2 atom stereocenters. The van der Waals surface area contributed by atoms with Crippen LogP contribution in [0, 0.1) is 5.92 Å². The quantitative estimate of drug-likeness (QED) is 0.543. The van der Waals surface area contributed by atoms with Crippen LogP contribution in [0.3, 0.4) is 0 Å². The van der Waals surface area contributed by atoms with Crippen molar-refractivity contribution in [1.29, 1.82) is 0 Å². The lowest BCUT2D eigenvalue weighted by Gasteiger charge is -2.22. The number of carbonyl (C=O) groups excluding carboxylic acids is 2. The minimum atomic E-state index is -0.706. The van der Waals surface area contributed by atoms with Crippen molar-refractivity contribution in [2.24, 2.45) is 5.92 Å². The molecule has 0 aliphatic heterocycles. The van der Waals surface area contributed by atoms with E-state index >= 15 is 0 Å². The number of hydrogen-bond donors (Lipinski definition) is 0. The van der Waals surface area contributed by atoms with Crippen LogP contribution in [0.5, 0.6) is 0 Å². The zero-order valence-corrected chi connectivity index (χ0v) is 9.47. The highest BCUT2D eigenvalue weighted by atomic mass is 16.7. The molecule has 0 aromatic heterocycles. The van der Waals surface area contributed by atoms with Gasteiger partial charge in [-0.3, -0.25) is 4.79 Å². The van der Waals surface area contributed by atoms with Crippen molar-refractivity contribution >= 4 is 12.1 Å². The van der Waals surface area contributed by atoms with Crippen LogP contribution in [-0.4, -0.2) is 31.9 Å². The summed E-state index contributed by atoms with van der Waals surface area (Å²) in [7, 11) is 1.35. The highest BCUT2D eigenvalue weighted by Crippen LogP contribution is 2.22. The fraction of sp³-hybridized carbons (Fsp3) is 0.636. The molecule has 0 spiro atoms. The number of ether oxygens (including phenoxy) is 3. The van der Waals surface area contributed by atoms with Gasteiger partial charge < -0.3 is 14.2 Å². The molecule has 0 aromatic rings. The molecule has 0 heterocycles. The second-order valence-electron chi connectivity index (χ2n) is 3.46. The first kappa shape index (κ1) is 12.5. The smallest absolute Gasteiger partial charge is 0.469 e. The molecule has 0 unspecified atom stereocenters. The van der Waals surface area contributed by atoms with Crippen molar-refractivity contribution in [1.82, 2.24) is 0 Å². The summed E-state index contributed by atoms with van der Waals surface area (Å²) in [4.78, 5) is 22.4. The first-order valence-electron chi connectivity index (χ1n) is 5.25. The predicted octanol–water partition coefficient (Wildman–Crippen LogP) is 1.67. The third-order valence-electron chi connectivity index (χ3n) is 2.33. The standard InChI is InChI=1S/C11H16O5/c1-3-15-11(13)16-9-6-4-5-8(7-9)10(12)14-2/h4,6,8-9H,3,5,7H2,1-2H3/t8-,9+/m1/s1. The topological polar surface area (TPSA) is 61.8 Å². The van der Waals surface area contributed by atoms with Crippen molar-refractivity contribution in [3.63, 3.8) is 0 Å². The van der Waals surface area contributed by atoms with Gasteiger partial charge in [-0.2, -0.15) is 0 Å². The summed E-state index contributed by atoms with van der Waals surface area (Å²) in [6, 6.07) is 0. The molecule has 0 fully saturated rings. The largest absolute Gasteiger partial charge is 0.508 e. The van der Waals surface area contributed by atoms with Gasteiger partial charge in [0.2, 0.25) is 0 Å².